The first-order valence-electron chi connectivity index (χ1n) is 11.2. The number of benzene rings is 2. The van der Waals surface area contributed by atoms with Crippen molar-refractivity contribution in [3.63, 3.8) is 0 Å². The molecule has 202 valence electrons. The molecule has 0 aliphatic rings. The first-order valence-corrected chi connectivity index (χ1v) is 12.1. The zero-order valence-corrected chi connectivity index (χ0v) is 21.7. The fourth-order valence-electron chi connectivity index (χ4n) is 3.66. The summed E-state index contributed by atoms with van der Waals surface area (Å²) in [6.07, 6.45) is 0. The minimum Gasteiger partial charge on any atom is -0.493 e. The van der Waals surface area contributed by atoms with Gasteiger partial charge in [-0.15, -0.1) is 11.3 Å². The van der Waals surface area contributed by atoms with E-state index in [0.717, 1.165) is 35.5 Å². The minimum absolute atomic E-state index is 0.0400. The number of hydrogen-bond donors (Lipinski definition) is 3. The van der Waals surface area contributed by atoms with E-state index < -0.39 is 29.4 Å². The van der Waals surface area contributed by atoms with Crippen LogP contribution in [0.2, 0.25) is 0 Å². The molecule has 0 spiro atoms. The number of pyridine rings is 1. The Balaban J connectivity index is 1.56. The average molecular weight is 556 g/mol. The van der Waals surface area contributed by atoms with Crippen LogP contribution in [0, 0.1) is 5.82 Å². The van der Waals surface area contributed by atoms with Crippen molar-refractivity contribution in [1.29, 1.82) is 0 Å². The fourth-order valence-corrected chi connectivity index (χ4v) is 4.57. The van der Waals surface area contributed by atoms with Crippen LogP contribution in [-0.4, -0.2) is 49.4 Å². The summed E-state index contributed by atoms with van der Waals surface area (Å²) in [7, 11) is 3.96. The van der Waals surface area contributed by atoms with Crippen molar-refractivity contribution in [3.8, 4) is 17.4 Å². The van der Waals surface area contributed by atoms with Gasteiger partial charge in [-0.25, -0.2) is 23.8 Å². The Bertz CT molecular complexity index is 1570. The third kappa shape index (κ3) is 5.83. The highest BCUT2D eigenvalue weighted by Gasteiger charge is 2.25. The second kappa shape index (κ2) is 11.6. The number of ether oxygens (including phenoxy) is 4. The maximum absolute atomic E-state index is 14.8. The number of thiophene rings is 1. The predicted molar refractivity (Wildman–Crippen MR) is 141 cm³/mol. The van der Waals surface area contributed by atoms with Crippen molar-refractivity contribution in [2.45, 2.75) is 6.61 Å². The summed E-state index contributed by atoms with van der Waals surface area (Å²) in [5.74, 6) is -2.50. The van der Waals surface area contributed by atoms with E-state index in [1.165, 1.54) is 25.7 Å². The van der Waals surface area contributed by atoms with E-state index in [4.69, 9.17) is 14.2 Å². The highest BCUT2D eigenvalue weighted by Crippen LogP contribution is 2.34. The molecule has 11 nitrogen and oxygen atoms in total. The quantitative estimate of drug-likeness (QED) is 0.238. The second-order valence-electron chi connectivity index (χ2n) is 7.84. The predicted octanol–water partition coefficient (Wildman–Crippen LogP) is 5.16. The standard InChI is InChI=1S/C26H22FN3O8S/c1-35-18-9-15(27)16(28-26(34)29-17-12-39-23(25(33)37-3)21(17)24(31)32)10-19(18)38-11-14-6-4-5-13-7-8-20(36-2)30-22(13)14/h4-10,12H,11H2,1-3H3,(H,31,32)(H2,28,29,34). The number of fused-ring (bicyclic) bond motifs is 1. The molecule has 39 heavy (non-hydrogen) atoms. The molecule has 0 atom stereocenters. The zero-order valence-electron chi connectivity index (χ0n) is 20.9. The van der Waals surface area contributed by atoms with Crippen molar-refractivity contribution >= 4 is 51.6 Å². The summed E-state index contributed by atoms with van der Waals surface area (Å²) in [4.78, 5) is 40.4. The molecule has 0 fully saturated rings. The van der Waals surface area contributed by atoms with Crippen molar-refractivity contribution in [2.75, 3.05) is 32.0 Å². The molecule has 4 rings (SSSR count). The minimum atomic E-state index is -1.45. The molecule has 3 N–H and O–H groups in total. The number of hydrogen-bond acceptors (Lipinski definition) is 9. The molecule has 0 aliphatic carbocycles. The highest BCUT2D eigenvalue weighted by molar-refractivity contribution is 7.13. The molecule has 13 heteroatoms. The van der Waals surface area contributed by atoms with E-state index in [-0.39, 0.29) is 34.4 Å². The number of amides is 2. The third-order valence-corrected chi connectivity index (χ3v) is 6.46. The SMILES string of the molecule is COC(=O)c1scc(NC(=O)Nc2cc(OCc3cccc4ccc(OC)nc34)c(OC)cc2F)c1C(=O)O. The third-order valence-electron chi connectivity index (χ3n) is 5.50. The van der Waals surface area contributed by atoms with Gasteiger partial charge in [0, 0.05) is 34.5 Å². The molecule has 4 aromatic rings. The maximum atomic E-state index is 14.8. The molecule has 0 bridgehead atoms. The number of esters is 1. The Morgan fingerprint density at radius 3 is 2.46 bits per heavy atom. The van der Waals surface area contributed by atoms with Crippen LogP contribution < -0.4 is 24.8 Å². The summed E-state index contributed by atoms with van der Waals surface area (Å²) < 4.78 is 35.7. The van der Waals surface area contributed by atoms with Gasteiger partial charge in [-0.1, -0.05) is 18.2 Å². The topological polar surface area (TPSA) is 145 Å². The molecule has 0 saturated heterocycles. The molecule has 2 heterocycles. The van der Waals surface area contributed by atoms with Crippen molar-refractivity contribution < 1.29 is 42.8 Å². The van der Waals surface area contributed by atoms with Crippen molar-refractivity contribution in [1.82, 2.24) is 4.98 Å². The summed E-state index contributed by atoms with van der Waals surface area (Å²) in [5.41, 5.74) is 0.523. The lowest BCUT2D eigenvalue weighted by Gasteiger charge is -2.15. The van der Waals surface area contributed by atoms with E-state index in [0.29, 0.717) is 11.4 Å². The summed E-state index contributed by atoms with van der Waals surface area (Å²) in [6, 6.07) is 10.5. The molecular weight excluding hydrogens is 533 g/mol. The fraction of sp³-hybridized carbons (Fsp3) is 0.154. The van der Waals surface area contributed by atoms with Gasteiger partial charge in [0.2, 0.25) is 5.88 Å². The lowest BCUT2D eigenvalue weighted by atomic mass is 10.1. The van der Waals surface area contributed by atoms with Gasteiger partial charge in [-0.3, -0.25) is 0 Å². The number of aromatic carboxylic acids is 1. The first-order chi connectivity index (χ1) is 18.7. The van der Waals surface area contributed by atoms with Crippen LogP contribution in [-0.2, 0) is 11.3 Å². The lowest BCUT2D eigenvalue weighted by molar-refractivity contribution is 0.0589. The van der Waals surface area contributed by atoms with Crippen LogP contribution in [0.5, 0.6) is 17.4 Å². The Hall–Kier alpha value is -4.91. The Labute approximate surface area is 225 Å². The van der Waals surface area contributed by atoms with Gasteiger partial charge in [0.1, 0.15) is 17.0 Å². The number of aromatic nitrogens is 1. The van der Waals surface area contributed by atoms with Crippen LogP contribution in [0.15, 0.2) is 47.8 Å². The first kappa shape index (κ1) is 27.1. The number of nitrogens with zero attached hydrogens (tertiary/aromatic N) is 1. The number of halogens is 1. The van der Waals surface area contributed by atoms with Gasteiger partial charge in [0.15, 0.2) is 17.3 Å². The number of carboxylic acid groups (broad SMARTS) is 1. The molecule has 0 unspecified atom stereocenters. The van der Waals surface area contributed by atoms with Crippen LogP contribution >= 0.6 is 11.3 Å². The van der Waals surface area contributed by atoms with E-state index in [9.17, 15) is 23.9 Å². The molecular formula is C26H22FN3O8S. The number of rotatable bonds is 9. The van der Waals surface area contributed by atoms with Gasteiger partial charge >= 0.3 is 18.0 Å². The van der Waals surface area contributed by atoms with E-state index in [1.54, 1.807) is 6.07 Å². The molecule has 2 aromatic heterocycles. The van der Waals surface area contributed by atoms with Gasteiger partial charge in [-0.2, -0.15) is 0 Å². The van der Waals surface area contributed by atoms with E-state index in [1.807, 2.05) is 24.3 Å². The summed E-state index contributed by atoms with van der Waals surface area (Å²) >= 11 is 0.782. The van der Waals surface area contributed by atoms with Gasteiger partial charge in [0.05, 0.1) is 38.2 Å². The van der Waals surface area contributed by atoms with E-state index >= 15 is 0 Å². The second-order valence-corrected chi connectivity index (χ2v) is 8.72. The molecule has 2 aromatic carbocycles. The number of carbonyl (C=O) groups excluding carboxylic acids is 2. The maximum Gasteiger partial charge on any atom is 0.349 e. The summed E-state index contributed by atoms with van der Waals surface area (Å²) in [6.45, 7) is 0.0400. The number of carbonyl (C=O) groups is 3. The number of urea groups is 1. The van der Waals surface area contributed by atoms with Crippen molar-refractivity contribution in [3.05, 3.63) is 69.7 Å². The van der Waals surface area contributed by atoms with E-state index in [2.05, 4.69) is 20.4 Å². The highest BCUT2D eigenvalue weighted by atomic mass is 32.1. The number of nitrogens with one attached hydrogen (secondary N) is 2. The van der Waals surface area contributed by atoms with Gasteiger partial charge in [-0.05, 0) is 6.07 Å². The number of methoxy groups -OCH3 is 3. The number of carboxylic acids is 1. The normalized spacial score (nSPS) is 10.6. The Kier molecular flexibility index (Phi) is 8.10. The van der Waals surface area contributed by atoms with Crippen LogP contribution in [0.4, 0.5) is 20.6 Å². The summed E-state index contributed by atoms with van der Waals surface area (Å²) in [5, 5.41) is 16.3. The number of anilines is 2. The van der Waals surface area contributed by atoms with Crippen LogP contribution in [0.3, 0.4) is 0 Å². The molecule has 2 amide bonds. The van der Waals surface area contributed by atoms with Crippen LogP contribution in [0.25, 0.3) is 10.9 Å². The van der Waals surface area contributed by atoms with Crippen molar-refractivity contribution in [2.24, 2.45) is 0 Å². The Morgan fingerprint density at radius 1 is 1.00 bits per heavy atom. The molecule has 0 radical (unpaired) electrons. The van der Waals surface area contributed by atoms with Gasteiger partial charge < -0.3 is 34.7 Å². The monoisotopic (exact) mass is 555 g/mol. The van der Waals surface area contributed by atoms with Gasteiger partial charge in [0.25, 0.3) is 0 Å². The molecule has 0 aliphatic heterocycles. The largest absolute Gasteiger partial charge is 0.493 e. The smallest absolute Gasteiger partial charge is 0.349 e. The van der Waals surface area contributed by atoms with Crippen LogP contribution in [0.1, 0.15) is 25.6 Å². The zero-order chi connectivity index (χ0) is 28.1. The average Bonchev–Trinajstić information content (AvgIpc) is 3.35. The molecule has 0 saturated carbocycles. The Morgan fingerprint density at radius 2 is 1.77 bits per heavy atom. The lowest BCUT2D eigenvalue weighted by Crippen LogP contribution is -2.21. The number of para-hydroxylation sites is 1.